The van der Waals surface area contributed by atoms with Gasteiger partial charge in [-0.25, -0.2) is 0 Å². The molecule has 0 heterocycles. The molecule has 0 saturated heterocycles. The SMILES string of the molecule is C[CH]C(C)(C)C(C)CCCCCCCCCCCCC. The Morgan fingerprint density at radius 2 is 1.15 bits per heavy atom. The molecule has 0 N–H and O–H groups in total. The number of unbranched alkanes of at least 4 members (excludes halogenated alkanes) is 10. The lowest BCUT2D eigenvalue weighted by molar-refractivity contribution is 0.258. The van der Waals surface area contributed by atoms with E-state index in [4.69, 9.17) is 0 Å². The molecule has 0 aliphatic carbocycles. The molecule has 0 spiro atoms. The van der Waals surface area contributed by atoms with Gasteiger partial charge in [-0.3, -0.25) is 0 Å². The van der Waals surface area contributed by atoms with E-state index in [2.05, 4.69) is 41.0 Å². The molecule has 0 aliphatic rings. The number of hydrogen-bond donors (Lipinski definition) is 0. The lowest BCUT2D eigenvalue weighted by Crippen LogP contribution is -2.20. The van der Waals surface area contributed by atoms with Gasteiger partial charge in [0.15, 0.2) is 0 Å². The number of hydrogen-bond acceptors (Lipinski definition) is 0. The zero-order valence-corrected chi connectivity index (χ0v) is 15.1. The third-order valence-electron chi connectivity index (χ3n) is 5.25. The highest BCUT2D eigenvalue weighted by atomic mass is 14.3. The van der Waals surface area contributed by atoms with Crippen LogP contribution in [0.25, 0.3) is 0 Å². The maximum atomic E-state index is 2.41. The summed E-state index contributed by atoms with van der Waals surface area (Å²) in [5.41, 5.74) is 0.415. The van der Waals surface area contributed by atoms with E-state index < -0.39 is 0 Å². The predicted octanol–water partition coefficient (Wildman–Crippen LogP) is 7.57. The Morgan fingerprint density at radius 1 is 0.750 bits per heavy atom. The molecule has 20 heavy (non-hydrogen) atoms. The fourth-order valence-electron chi connectivity index (χ4n) is 2.77. The summed E-state index contributed by atoms with van der Waals surface area (Å²) in [5.74, 6) is 0.825. The molecular formula is C20H41. The van der Waals surface area contributed by atoms with Crippen LogP contribution in [0.4, 0.5) is 0 Å². The molecule has 1 unspecified atom stereocenters. The van der Waals surface area contributed by atoms with E-state index in [0.29, 0.717) is 5.41 Å². The van der Waals surface area contributed by atoms with Gasteiger partial charge >= 0.3 is 0 Å². The van der Waals surface area contributed by atoms with Crippen LogP contribution in [0.2, 0.25) is 0 Å². The summed E-state index contributed by atoms with van der Waals surface area (Å²) in [6.45, 7) is 11.7. The van der Waals surface area contributed by atoms with Crippen molar-refractivity contribution in [3.8, 4) is 0 Å². The average Bonchev–Trinajstić information content (AvgIpc) is 2.44. The van der Waals surface area contributed by atoms with E-state index in [0.717, 1.165) is 5.92 Å². The Labute approximate surface area is 130 Å². The first-order valence-corrected chi connectivity index (χ1v) is 9.35. The lowest BCUT2D eigenvalue weighted by Gasteiger charge is -2.30. The van der Waals surface area contributed by atoms with E-state index in [1.807, 2.05) is 0 Å². The van der Waals surface area contributed by atoms with Crippen molar-refractivity contribution in [1.29, 1.82) is 0 Å². The van der Waals surface area contributed by atoms with Gasteiger partial charge < -0.3 is 0 Å². The van der Waals surface area contributed by atoms with Crippen LogP contribution in [0.3, 0.4) is 0 Å². The molecule has 0 rings (SSSR count). The van der Waals surface area contributed by atoms with Crippen LogP contribution < -0.4 is 0 Å². The fourth-order valence-corrected chi connectivity index (χ4v) is 2.77. The van der Waals surface area contributed by atoms with Crippen molar-refractivity contribution in [3.63, 3.8) is 0 Å². The van der Waals surface area contributed by atoms with Gasteiger partial charge in [0.2, 0.25) is 0 Å². The van der Waals surface area contributed by atoms with Gasteiger partial charge in [0.25, 0.3) is 0 Å². The molecule has 0 bridgehead atoms. The second-order valence-corrected chi connectivity index (χ2v) is 7.34. The van der Waals surface area contributed by atoms with Crippen molar-refractivity contribution < 1.29 is 0 Å². The molecule has 0 heteroatoms. The number of rotatable bonds is 14. The highest BCUT2D eigenvalue weighted by molar-refractivity contribution is 4.85. The molecule has 0 nitrogen and oxygen atoms in total. The highest BCUT2D eigenvalue weighted by Crippen LogP contribution is 2.32. The molecule has 0 aromatic rings. The Morgan fingerprint density at radius 3 is 1.55 bits per heavy atom. The molecule has 0 aliphatic heterocycles. The van der Waals surface area contributed by atoms with Crippen LogP contribution in [-0.2, 0) is 0 Å². The first kappa shape index (κ1) is 20.0. The van der Waals surface area contributed by atoms with Gasteiger partial charge in [-0.15, -0.1) is 0 Å². The topological polar surface area (TPSA) is 0 Å². The Balaban J connectivity index is 3.25. The van der Waals surface area contributed by atoms with Gasteiger partial charge in [-0.2, -0.15) is 0 Å². The summed E-state index contributed by atoms with van der Waals surface area (Å²) in [4.78, 5) is 0. The molecule has 0 fully saturated rings. The molecule has 0 aromatic heterocycles. The maximum Gasteiger partial charge on any atom is -0.0300 e. The Bertz CT molecular complexity index is 192. The standard InChI is InChI=1S/C20H41/c1-6-8-9-10-11-12-13-14-15-16-17-18-19(3)20(4,5)7-2/h7,19H,6,8-18H2,1-5H3. The van der Waals surface area contributed by atoms with Crippen LogP contribution in [0.5, 0.6) is 0 Å². The van der Waals surface area contributed by atoms with Crippen LogP contribution >= 0.6 is 0 Å². The summed E-state index contributed by atoms with van der Waals surface area (Å²) in [6, 6.07) is 0. The maximum absolute atomic E-state index is 2.41. The zero-order valence-electron chi connectivity index (χ0n) is 15.1. The molecule has 0 saturated carbocycles. The summed E-state index contributed by atoms with van der Waals surface area (Å²) in [7, 11) is 0. The van der Waals surface area contributed by atoms with Crippen LogP contribution in [0, 0.1) is 17.8 Å². The second-order valence-electron chi connectivity index (χ2n) is 7.34. The van der Waals surface area contributed by atoms with Gasteiger partial charge in [0.1, 0.15) is 0 Å². The minimum absolute atomic E-state index is 0.415. The summed E-state index contributed by atoms with van der Waals surface area (Å²) >= 11 is 0. The van der Waals surface area contributed by atoms with Crippen molar-refractivity contribution in [2.75, 3.05) is 0 Å². The summed E-state index contributed by atoms with van der Waals surface area (Å²) in [6.07, 6.45) is 19.7. The van der Waals surface area contributed by atoms with E-state index in [9.17, 15) is 0 Å². The largest absolute Gasteiger partial charge is 0.0654 e. The van der Waals surface area contributed by atoms with Crippen molar-refractivity contribution in [2.45, 2.75) is 112 Å². The molecule has 0 aromatic carbocycles. The summed E-state index contributed by atoms with van der Waals surface area (Å²) < 4.78 is 0. The van der Waals surface area contributed by atoms with Crippen molar-refractivity contribution in [1.82, 2.24) is 0 Å². The highest BCUT2D eigenvalue weighted by Gasteiger charge is 2.22. The quantitative estimate of drug-likeness (QED) is 0.288. The van der Waals surface area contributed by atoms with E-state index in [1.54, 1.807) is 0 Å². The van der Waals surface area contributed by atoms with E-state index in [-0.39, 0.29) is 0 Å². The molecule has 1 radical (unpaired) electrons. The second kappa shape index (κ2) is 12.7. The van der Waals surface area contributed by atoms with Crippen LogP contribution in [-0.4, -0.2) is 0 Å². The minimum Gasteiger partial charge on any atom is -0.0654 e. The molecular weight excluding hydrogens is 240 g/mol. The van der Waals surface area contributed by atoms with Crippen molar-refractivity contribution in [2.24, 2.45) is 11.3 Å². The Kier molecular flexibility index (Phi) is 12.7. The third kappa shape index (κ3) is 10.7. The van der Waals surface area contributed by atoms with E-state index >= 15 is 0 Å². The summed E-state index contributed by atoms with van der Waals surface area (Å²) in [5, 5.41) is 0. The lowest BCUT2D eigenvalue weighted by atomic mass is 9.75. The van der Waals surface area contributed by atoms with Crippen molar-refractivity contribution in [3.05, 3.63) is 6.42 Å². The molecule has 0 amide bonds. The van der Waals surface area contributed by atoms with Gasteiger partial charge in [-0.1, -0.05) is 112 Å². The van der Waals surface area contributed by atoms with E-state index in [1.165, 1.54) is 77.0 Å². The normalized spacial score (nSPS) is 13.7. The van der Waals surface area contributed by atoms with Crippen LogP contribution in [0.15, 0.2) is 0 Å². The Hall–Kier alpha value is 0. The van der Waals surface area contributed by atoms with Crippen LogP contribution in [0.1, 0.15) is 112 Å². The average molecular weight is 282 g/mol. The zero-order chi connectivity index (χ0) is 15.3. The molecule has 1 atom stereocenters. The molecule has 121 valence electrons. The smallest absolute Gasteiger partial charge is 0.0300 e. The van der Waals surface area contributed by atoms with Crippen molar-refractivity contribution >= 4 is 0 Å². The predicted molar refractivity (Wildman–Crippen MR) is 94.0 cm³/mol. The van der Waals surface area contributed by atoms with Gasteiger partial charge in [-0.05, 0) is 17.8 Å². The minimum atomic E-state index is 0.415. The first-order chi connectivity index (χ1) is 9.54. The first-order valence-electron chi connectivity index (χ1n) is 9.35. The monoisotopic (exact) mass is 281 g/mol. The van der Waals surface area contributed by atoms with Gasteiger partial charge in [0, 0.05) is 0 Å². The third-order valence-corrected chi connectivity index (χ3v) is 5.25. The fraction of sp³-hybridized carbons (Fsp3) is 0.950. The van der Waals surface area contributed by atoms with Gasteiger partial charge in [0.05, 0.1) is 0 Å².